The predicted molar refractivity (Wildman–Crippen MR) is 224 cm³/mol. The van der Waals surface area contributed by atoms with Crippen molar-refractivity contribution in [2.75, 3.05) is 19.0 Å². The number of ether oxygens (including phenoxy) is 4. The fourth-order valence-electron chi connectivity index (χ4n) is 7.33. The summed E-state index contributed by atoms with van der Waals surface area (Å²) in [4.78, 5) is 25.4. The Labute approximate surface area is 346 Å². The van der Waals surface area contributed by atoms with Crippen LogP contribution in [0.4, 0.5) is 0 Å². The third-order valence-electron chi connectivity index (χ3n) is 10.9. The number of carbonyl (C=O) groups excluding carboxylic acids is 2. The fraction of sp³-hybridized carbons (Fsp3) is 0.955. The van der Waals surface area contributed by atoms with Gasteiger partial charge >= 0.3 is 11.9 Å². The molecule has 0 aromatic heterocycles. The molecular formula is C44H84O12S. The molecule has 338 valence electrons. The van der Waals surface area contributed by atoms with Crippen LogP contribution in [0.25, 0.3) is 0 Å². The number of unbranched alkanes of at least 4 members (excludes halogenated alkanes) is 27. The van der Waals surface area contributed by atoms with Gasteiger partial charge in [-0.3, -0.25) is 14.1 Å². The third kappa shape index (κ3) is 30.4. The van der Waals surface area contributed by atoms with E-state index in [1.165, 1.54) is 135 Å². The van der Waals surface area contributed by atoms with Gasteiger partial charge in [-0.15, -0.1) is 0 Å². The van der Waals surface area contributed by atoms with Crippen LogP contribution < -0.4 is 0 Å². The van der Waals surface area contributed by atoms with E-state index in [0.717, 1.165) is 38.5 Å². The second-order valence-electron chi connectivity index (χ2n) is 16.4. The number of carbonyl (C=O) groups is 2. The van der Waals surface area contributed by atoms with Gasteiger partial charge in [0.2, 0.25) is 0 Å². The highest BCUT2D eigenvalue weighted by atomic mass is 32.2. The molecule has 0 spiro atoms. The molecule has 57 heavy (non-hydrogen) atoms. The van der Waals surface area contributed by atoms with Crippen molar-refractivity contribution >= 4 is 22.1 Å². The lowest BCUT2D eigenvalue weighted by molar-refractivity contribution is -0.297. The first-order chi connectivity index (χ1) is 27.5. The van der Waals surface area contributed by atoms with Crippen molar-refractivity contribution in [2.45, 2.75) is 250 Å². The van der Waals surface area contributed by atoms with E-state index in [1.54, 1.807) is 0 Å². The molecule has 0 bridgehead atoms. The SMILES string of the molecule is CCCCCCCCCCCCCCCCCCCC(=O)O[C@H](COC(=O)CCCCCCCCCCCCCC)CO[C@H]1O[C@H](CS(=O)(=O)O)[C@@H](O)C(O)C1O. The Balaban J connectivity index is 2.41. The number of hydrogen-bond donors (Lipinski definition) is 4. The van der Waals surface area contributed by atoms with Crippen molar-refractivity contribution in [3.8, 4) is 0 Å². The van der Waals surface area contributed by atoms with Crippen LogP contribution in [0.3, 0.4) is 0 Å². The smallest absolute Gasteiger partial charge is 0.306 e. The number of aliphatic hydroxyl groups is 3. The molecule has 1 saturated heterocycles. The highest BCUT2D eigenvalue weighted by molar-refractivity contribution is 7.85. The summed E-state index contributed by atoms with van der Waals surface area (Å²) in [5.41, 5.74) is 0. The molecule has 0 radical (unpaired) electrons. The Morgan fingerprint density at radius 2 is 0.895 bits per heavy atom. The van der Waals surface area contributed by atoms with E-state index in [9.17, 15) is 37.9 Å². The molecule has 0 aromatic rings. The summed E-state index contributed by atoms with van der Waals surface area (Å²) in [5, 5.41) is 30.9. The highest BCUT2D eigenvalue weighted by Gasteiger charge is 2.46. The molecule has 4 N–H and O–H groups in total. The minimum absolute atomic E-state index is 0.172. The van der Waals surface area contributed by atoms with Gasteiger partial charge in [0, 0.05) is 12.8 Å². The summed E-state index contributed by atoms with van der Waals surface area (Å²) in [6.45, 7) is 3.78. The lowest BCUT2D eigenvalue weighted by Gasteiger charge is -2.40. The molecule has 0 aliphatic carbocycles. The molecule has 1 heterocycles. The predicted octanol–water partition coefficient (Wildman–Crippen LogP) is 9.29. The molecule has 1 fully saturated rings. The first-order valence-electron chi connectivity index (χ1n) is 23.1. The molecule has 6 atom stereocenters. The van der Waals surface area contributed by atoms with Gasteiger partial charge in [-0.1, -0.05) is 187 Å². The normalized spacial score (nSPS) is 20.4. The Hall–Kier alpha value is -1.35. The minimum atomic E-state index is -4.59. The summed E-state index contributed by atoms with van der Waals surface area (Å²) in [6.07, 6.45) is 25.8. The Kier molecular flexibility index (Phi) is 33.3. The van der Waals surface area contributed by atoms with Gasteiger partial charge in [-0.05, 0) is 12.8 Å². The summed E-state index contributed by atoms with van der Waals surface area (Å²) < 4.78 is 54.0. The van der Waals surface area contributed by atoms with Gasteiger partial charge in [0.1, 0.15) is 36.8 Å². The topological polar surface area (TPSA) is 186 Å². The zero-order valence-electron chi connectivity index (χ0n) is 36.0. The largest absolute Gasteiger partial charge is 0.462 e. The number of esters is 2. The van der Waals surface area contributed by atoms with E-state index < -0.39 is 71.2 Å². The van der Waals surface area contributed by atoms with Crippen molar-refractivity contribution in [1.29, 1.82) is 0 Å². The molecule has 13 heteroatoms. The van der Waals surface area contributed by atoms with Crippen LogP contribution in [0, 0.1) is 0 Å². The Morgan fingerprint density at radius 1 is 0.526 bits per heavy atom. The van der Waals surface area contributed by atoms with Gasteiger partial charge in [-0.2, -0.15) is 8.42 Å². The van der Waals surface area contributed by atoms with Crippen LogP contribution in [0.15, 0.2) is 0 Å². The van der Waals surface area contributed by atoms with Gasteiger partial charge in [0.25, 0.3) is 10.1 Å². The Bertz CT molecular complexity index is 1070. The molecule has 1 rings (SSSR count). The molecule has 0 aromatic carbocycles. The average molecular weight is 837 g/mol. The first-order valence-corrected chi connectivity index (χ1v) is 24.7. The van der Waals surface area contributed by atoms with Crippen LogP contribution in [0.2, 0.25) is 0 Å². The van der Waals surface area contributed by atoms with E-state index in [0.29, 0.717) is 12.8 Å². The van der Waals surface area contributed by atoms with Crippen LogP contribution in [0.1, 0.15) is 213 Å². The van der Waals surface area contributed by atoms with Gasteiger partial charge in [0.15, 0.2) is 12.4 Å². The monoisotopic (exact) mass is 837 g/mol. The molecule has 1 aliphatic heterocycles. The molecular weight excluding hydrogens is 753 g/mol. The third-order valence-corrected chi connectivity index (χ3v) is 11.7. The minimum Gasteiger partial charge on any atom is -0.462 e. The molecule has 0 amide bonds. The first kappa shape index (κ1) is 53.7. The van der Waals surface area contributed by atoms with E-state index in [1.807, 2.05) is 0 Å². The standard InChI is InChI=1S/C44H84O12S/c1-3-5-7-9-11-13-15-17-18-19-20-21-23-25-27-29-31-33-40(46)55-37(35-54-44-43(49)42(48)41(47)38(56-44)36-57(50,51)52)34-53-39(45)32-30-28-26-24-22-16-14-12-10-8-6-4-2/h37-38,41-44,47-49H,3-36H2,1-2H3,(H,50,51,52)/t37-,38-,41-,42?,43?,44+/m1/s1. The fourth-order valence-corrected chi connectivity index (χ4v) is 8.02. The van der Waals surface area contributed by atoms with Gasteiger partial charge < -0.3 is 34.3 Å². The van der Waals surface area contributed by atoms with Crippen LogP contribution >= 0.6 is 0 Å². The van der Waals surface area contributed by atoms with Crippen molar-refractivity contribution in [2.24, 2.45) is 0 Å². The number of aliphatic hydroxyl groups excluding tert-OH is 3. The number of hydrogen-bond acceptors (Lipinski definition) is 11. The van der Waals surface area contributed by atoms with Crippen molar-refractivity contribution in [1.82, 2.24) is 0 Å². The van der Waals surface area contributed by atoms with Crippen LogP contribution in [-0.4, -0.2) is 96.0 Å². The average Bonchev–Trinajstić information content (AvgIpc) is 3.17. The van der Waals surface area contributed by atoms with Crippen molar-refractivity contribution in [3.63, 3.8) is 0 Å². The second kappa shape index (κ2) is 35.4. The zero-order chi connectivity index (χ0) is 42.0. The quantitative estimate of drug-likeness (QED) is 0.0262. The summed E-state index contributed by atoms with van der Waals surface area (Å²) in [6, 6.07) is 0. The van der Waals surface area contributed by atoms with Crippen LogP contribution in [0.5, 0.6) is 0 Å². The Morgan fingerprint density at radius 3 is 1.28 bits per heavy atom. The lowest BCUT2D eigenvalue weighted by atomic mass is 10.00. The maximum Gasteiger partial charge on any atom is 0.306 e. The van der Waals surface area contributed by atoms with Crippen LogP contribution in [-0.2, 0) is 38.7 Å². The summed E-state index contributed by atoms with van der Waals surface area (Å²) in [5.74, 6) is -1.96. The maximum atomic E-state index is 12.8. The summed E-state index contributed by atoms with van der Waals surface area (Å²) in [7, 11) is -4.59. The van der Waals surface area contributed by atoms with E-state index in [2.05, 4.69) is 13.8 Å². The molecule has 2 unspecified atom stereocenters. The molecule has 0 saturated carbocycles. The summed E-state index contributed by atoms with van der Waals surface area (Å²) >= 11 is 0. The van der Waals surface area contributed by atoms with E-state index >= 15 is 0 Å². The van der Waals surface area contributed by atoms with Crippen molar-refractivity contribution < 1.29 is 56.8 Å². The zero-order valence-corrected chi connectivity index (χ0v) is 36.8. The molecule has 12 nitrogen and oxygen atoms in total. The van der Waals surface area contributed by atoms with Gasteiger partial charge in [-0.25, -0.2) is 0 Å². The van der Waals surface area contributed by atoms with E-state index in [4.69, 9.17) is 18.9 Å². The number of rotatable bonds is 39. The highest BCUT2D eigenvalue weighted by Crippen LogP contribution is 2.24. The van der Waals surface area contributed by atoms with Gasteiger partial charge in [0.05, 0.1) is 6.61 Å². The van der Waals surface area contributed by atoms with Crippen molar-refractivity contribution in [3.05, 3.63) is 0 Å². The van der Waals surface area contributed by atoms with E-state index in [-0.39, 0.29) is 19.4 Å². The maximum absolute atomic E-state index is 12.8. The molecule has 1 aliphatic rings. The lowest BCUT2D eigenvalue weighted by Crippen LogP contribution is -2.60. The second-order valence-corrected chi connectivity index (χ2v) is 17.9.